The van der Waals surface area contributed by atoms with Crippen molar-refractivity contribution in [2.45, 2.75) is 36.6 Å². The lowest BCUT2D eigenvalue weighted by Crippen LogP contribution is -2.40. The third-order valence-electron chi connectivity index (χ3n) is 5.48. The normalized spacial score (nSPS) is 16.8. The van der Waals surface area contributed by atoms with Gasteiger partial charge in [-0.15, -0.1) is 0 Å². The van der Waals surface area contributed by atoms with Crippen LogP contribution >= 0.6 is 23.2 Å². The minimum absolute atomic E-state index is 0.000628. The first-order chi connectivity index (χ1) is 14.7. The number of carbonyl (C=O) groups is 1. The molecule has 3 rings (SSSR count). The second-order valence-electron chi connectivity index (χ2n) is 7.54. The van der Waals surface area contributed by atoms with E-state index >= 15 is 0 Å². The van der Waals surface area contributed by atoms with Crippen LogP contribution in [0.15, 0.2) is 47.4 Å². The van der Waals surface area contributed by atoms with Crippen molar-refractivity contribution in [1.29, 1.82) is 5.26 Å². The van der Waals surface area contributed by atoms with Crippen molar-refractivity contribution in [3.8, 4) is 6.07 Å². The van der Waals surface area contributed by atoms with Gasteiger partial charge in [-0.1, -0.05) is 41.4 Å². The van der Waals surface area contributed by atoms with Crippen molar-refractivity contribution >= 4 is 39.1 Å². The van der Waals surface area contributed by atoms with Gasteiger partial charge in [0.2, 0.25) is 15.9 Å². The van der Waals surface area contributed by atoms with Gasteiger partial charge in [0.1, 0.15) is 4.90 Å². The number of hydrogen-bond donors (Lipinski definition) is 0. The topological polar surface area (TPSA) is 81.5 Å². The van der Waals surface area contributed by atoms with E-state index in [0.717, 1.165) is 5.56 Å². The summed E-state index contributed by atoms with van der Waals surface area (Å²) in [4.78, 5) is 14.4. The Bertz CT molecular complexity index is 1100. The molecule has 1 heterocycles. The number of hydrogen-bond acceptors (Lipinski definition) is 4. The molecule has 9 heteroatoms. The molecule has 164 valence electrons. The first kappa shape index (κ1) is 23.6. The summed E-state index contributed by atoms with van der Waals surface area (Å²) in [5.41, 5.74) is 1.62. The SMILES string of the molecule is CN(CCc1ccc(C#N)cc1)C(=O)CC1CCCN1S(=O)(=O)c1cccc(Cl)c1Cl. The van der Waals surface area contributed by atoms with Crippen molar-refractivity contribution in [2.75, 3.05) is 20.1 Å². The number of benzene rings is 2. The largest absolute Gasteiger partial charge is 0.345 e. The molecule has 2 aromatic carbocycles. The number of halogens is 2. The van der Waals surface area contributed by atoms with E-state index in [-0.39, 0.29) is 27.3 Å². The number of carbonyl (C=O) groups excluding carboxylic acids is 1. The molecule has 0 radical (unpaired) electrons. The number of sulfonamides is 1. The fourth-order valence-corrected chi connectivity index (χ4v) is 6.09. The lowest BCUT2D eigenvalue weighted by molar-refractivity contribution is -0.130. The summed E-state index contributed by atoms with van der Waals surface area (Å²) >= 11 is 12.1. The highest BCUT2D eigenvalue weighted by molar-refractivity contribution is 7.89. The minimum Gasteiger partial charge on any atom is -0.345 e. The fourth-order valence-electron chi connectivity index (χ4n) is 3.66. The van der Waals surface area contributed by atoms with Gasteiger partial charge < -0.3 is 4.90 Å². The van der Waals surface area contributed by atoms with Crippen LogP contribution in [0.4, 0.5) is 0 Å². The molecule has 0 spiro atoms. The Hall–Kier alpha value is -2.11. The molecule has 1 atom stereocenters. The van der Waals surface area contributed by atoms with Gasteiger partial charge >= 0.3 is 0 Å². The molecule has 1 saturated heterocycles. The maximum atomic E-state index is 13.2. The third-order valence-corrected chi connectivity index (χ3v) is 8.41. The summed E-state index contributed by atoms with van der Waals surface area (Å²) in [5, 5.41) is 9.05. The second kappa shape index (κ2) is 10.0. The van der Waals surface area contributed by atoms with E-state index in [0.29, 0.717) is 37.9 Å². The van der Waals surface area contributed by atoms with E-state index in [9.17, 15) is 13.2 Å². The number of rotatable bonds is 7. The lowest BCUT2D eigenvalue weighted by Gasteiger charge is -2.26. The van der Waals surface area contributed by atoms with Gasteiger partial charge in [0.15, 0.2) is 0 Å². The Morgan fingerprint density at radius 1 is 1.23 bits per heavy atom. The number of nitrogens with zero attached hydrogens (tertiary/aromatic N) is 3. The average molecular weight is 480 g/mol. The van der Waals surface area contributed by atoms with Gasteiger partial charge in [-0.2, -0.15) is 9.57 Å². The van der Waals surface area contributed by atoms with Crippen molar-refractivity contribution in [2.24, 2.45) is 0 Å². The number of amides is 1. The van der Waals surface area contributed by atoms with Crippen LogP contribution in [-0.4, -0.2) is 49.7 Å². The van der Waals surface area contributed by atoms with Crippen LogP contribution in [0.1, 0.15) is 30.4 Å². The highest BCUT2D eigenvalue weighted by atomic mass is 35.5. The molecule has 1 unspecified atom stereocenters. The predicted octanol–water partition coefficient (Wildman–Crippen LogP) is 4.11. The molecule has 0 N–H and O–H groups in total. The van der Waals surface area contributed by atoms with Gasteiger partial charge in [-0.3, -0.25) is 4.79 Å². The summed E-state index contributed by atoms with van der Waals surface area (Å²) in [6.07, 6.45) is 2.07. The molecule has 1 amide bonds. The molecule has 31 heavy (non-hydrogen) atoms. The summed E-state index contributed by atoms with van der Waals surface area (Å²) in [6, 6.07) is 13.4. The van der Waals surface area contributed by atoms with Gasteiger partial charge in [-0.05, 0) is 49.1 Å². The van der Waals surface area contributed by atoms with Crippen LogP contribution in [-0.2, 0) is 21.2 Å². The van der Waals surface area contributed by atoms with E-state index < -0.39 is 16.1 Å². The average Bonchev–Trinajstić information content (AvgIpc) is 3.23. The van der Waals surface area contributed by atoms with Gasteiger partial charge in [0, 0.05) is 32.6 Å². The molecule has 0 saturated carbocycles. The van der Waals surface area contributed by atoms with Crippen molar-refractivity contribution in [3.05, 3.63) is 63.6 Å². The smallest absolute Gasteiger partial charge is 0.244 e. The van der Waals surface area contributed by atoms with Crippen LogP contribution < -0.4 is 0 Å². The van der Waals surface area contributed by atoms with E-state index in [4.69, 9.17) is 28.5 Å². The van der Waals surface area contributed by atoms with Crippen molar-refractivity contribution in [1.82, 2.24) is 9.21 Å². The molecule has 1 fully saturated rings. The quantitative estimate of drug-likeness (QED) is 0.598. The van der Waals surface area contributed by atoms with Crippen LogP contribution in [0, 0.1) is 11.3 Å². The molecule has 1 aliphatic rings. The van der Waals surface area contributed by atoms with Crippen LogP contribution in [0.5, 0.6) is 0 Å². The standard InChI is InChI=1S/C22H23Cl2N3O3S/c1-26(13-11-16-7-9-17(15-25)10-8-16)21(28)14-18-4-3-12-27(18)31(29,30)20-6-2-5-19(23)22(20)24/h2,5-10,18H,3-4,11-14H2,1H3. The first-order valence-electron chi connectivity index (χ1n) is 9.93. The molecule has 1 aliphatic heterocycles. The maximum Gasteiger partial charge on any atom is 0.244 e. The lowest BCUT2D eigenvalue weighted by atomic mass is 10.1. The highest BCUT2D eigenvalue weighted by Gasteiger charge is 2.38. The summed E-state index contributed by atoms with van der Waals surface area (Å²) in [6.45, 7) is 0.850. The molecule has 0 bridgehead atoms. The second-order valence-corrected chi connectivity index (χ2v) is 10.2. The zero-order valence-corrected chi connectivity index (χ0v) is 19.4. The number of likely N-dealkylation sites (N-methyl/N-ethyl adjacent to an activating group) is 1. The summed E-state index contributed by atoms with van der Waals surface area (Å²) in [7, 11) is -2.14. The van der Waals surface area contributed by atoms with Gasteiger partial charge in [0.05, 0.1) is 21.7 Å². The van der Waals surface area contributed by atoms with Crippen LogP contribution in [0.2, 0.25) is 10.0 Å². The monoisotopic (exact) mass is 479 g/mol. The van der Waals surface area contributed by atoms with Crippen LogP contribution in [0.3, 0.4) is 0 Å². The molecular formula is C22H23Cl2N3O3S. The maximum absolute atomic E-state index is 13.2. The number of nitriles is 1. The first-order valence-corrected chi connectivity index (χ1v) is 12.1. The van der Waals surface area contributed by atoms with Gasteiger partial charge in [0.25, 0.3) is 0 Å². The molecular weight excluding hydrogens is 457 g/mol. The molecule has 0 aromatic heterocycles. The zero-order valence-electron chi connectivity index (χ0n) is 17.1. The van der Waals surface area contributed by atoms with E-state index in [1.165, 1.54) is 16.4 Å². The minimum atomic E-state index is -3.85. The van der Waals surface area contributed by atoms with Gasteiger partial charge in [-0.25, -0.2) is 8.42 Å². The molecule has 2 aromatic rings. The Morgan fingerprint density at radius 3 is 2.61 bits per heavy atom. The summed E-state index contributed by atoms with van der Waals surface area (Å²) in [5.74, 6) is -0.113. The Morgan fingerprint density at radius 2 is 1.94 bits per heavy atom. The zero-order chi connectivity index (χ0) is 22.6. The highest BCUT2D eigenvalue weighted by Crippen LogP contribution is 2.34. The summed E-state index contributed by atoms with van der Waals surface area (Å²) < 4.78 is 27.7. The predicted molar refractivity (Wildman–Crippen MR) is 120 cm³/mol. The van der Waals surface area contributed by atoms with Crippen LogP contribution in [0.25, 0.3) is 0 Å². The molecule has 0 aliphatic carbocycles. The fraction of sp³-hybridized carbons (Fsp3) is 0.364. The van der Waals surface area contributed by atoms with Crippen molar-refractivity contribution < 1.29 is 13.2 Å². The van der Waals surface area contributed by atoms with E-state index in [1.807, 2.05) is 12.1 Å². The third kappa shape index (κ3) is 5.39. The Labute approximate surface area is 193 Å². The molecule has 6 nitrogen and oxygen atoms in total. The Balaban J connectivity index is 1.64. The van der Waals surface area contributed by atoms with Crippen molar-refractivity contribution in [3.63, 3.8) is 0 Å². The Kier molecular flexibility index (Phi) is 7.60. The van der Waals surface area contributed by atoms with E-state index in [2.05, 4.69) is 6.07 Å². The van der Waals surface area contributed by atoms with E-state index in [1.54, 1.807) is 30.1 Å².